The third-order valence-corrected chi connectivity index (χ3v) is 3.68. The van der Waals surface area contributed by atoms with Gasteiger partial charge in [-0.1, -0.05) is 12.1 Å². The van der Waals surface area contributed by atoms with Crippen LogP contribution >= 0.6 is 0 Å². The van der Waals surface area contributed by atoms with E-state index in [0.29, 0.717) is 0 Å². The van der Waals surface area contributed by atoms with Crippen molar-refractivity contribution in [1.29, 1.82) is 0 Å². The number of hydrogen-bond donors (Lipinski definition) is 1. The van der Waals surface area contributed by atoms with Gasteiger partial charge in [0, 0.05) is 18.7 Å². The monoisotopic (exact) mass is 269 g/mol. The summed E-state index contributed by atoms with van der Waals surface area (Å²) in [5, 5.41) is 0. The van der Waals surface area contributed by atoms with Crippen molar-refractivity contribution in [2.24, 2.45) is 5.73 Å². The second kappa shape index (κ2) is 5.59. The minimum absolute atomic E-state index is 0.0624. The molecule has 3 rings (SSSR count). The van der Waals surface area contributed by atoms with Crippen LogP contribution in [-0.2, 0) is 12.8 Å². The van der Waals surface area contributed by atoms with Gasteiger partial charge in [0.2, 0.25) is 0 Å². The van der Waals surface area contributed by atoms with Crippen LogP contribution < -0.4 is 10.5 Å². The molecule has 0 bridgehead atoms. The largest absolute Gasteiger partial charge is 0.493 e. The maximum absolute atomic E-state index is 6.18. The average molecular weight is 269 g/mol. The lowest BCUT2D eigenvalue weighted by Crippen LogP contribution is -2.13. The highest BCUT2D eigenvalue weighted by molar-refractivity contribution is 5.39. The Kier molecular flexibility index (Phi) is 3.65. The molecule has 20 heavy (non-hydrogen) atoms. The third kappa shape index (κ3) is 2.80. The number of ether oxygens (including phenoxy) is 1. The lowest BCUT2D eigenvalue weighted by molar-refractivity contribution is 0.357. The number of aromatic nitrogens is 2. The summed E-state index contributed by atoms with van der Waals surface area (Å²) in [5.74, 6) is 1.03. The van der Waals surface area contributed by atoms with Gasteiger partial charge in [-0.2, -0.15) is 0 Å². The summed E-state index contributed by atoms with van der Waals surface area (Å²) < 4.78 is 5.52. The molecule has 2 aromatic rings. The van der Waals surface area contributed by atoms with E-state index in [-0.39, 0.29) is 6.04 Å². The van der Waals surface area contributed by atoms with Gasteiger partial charge in [-0.15, -0.1) is 0 Å². The van der Waals surface area contributed by atoms with E-state index >= 15 is 0 Å². The minimum Gasteiger partial charge on any atom is -0.493 e. The predicted molar refractivity (Wildman–Crippen MR) is 77.7 cm³/mol. The Labute approximate surface area is 119 Å². The summed E-state index contributed by atoms with van der Waals surface area (Å²) in [6, 6.07) is 6.36. The molecule has 2 heterocycles. The molecule has 0 fully saturated rings. The Morgan fingerprint density at radius 3 is 3.00 bits per heavy atom. The number of nitrogens with zero attached hydrogens (tertiary/aromatic N) is 2. The molecule has 2 N–H and O–H groups in total. The standard InChI is InChI=1S/C16H19N3O/c1-11-9-19-15(10-18-11)14(17)4-2-12-3-5-16-13(8-12)6-7-20-16/h3,5,8-10,14H,2,4,6-7,17H2,1H3. The summed E-state index contributed by atoms with van der Waals surface area (Å²) in [6.45, 7) is 2.73. The second-order valence-electron chi connectivity index (χ2n) is 5.27. The molecule has 1 aromatic carbocycles. The first-order valence-electron chi connectivity index (χ1n) is 7.01. The van der Waals surface area contributed by atoms with Crippen LogP contribution in [0.25, 0.3) is 0 Å². The lowest BCUT2D eigenvalue weighted by Gasteiger charge is -2.11. The lowest BCUT2D eigenvalue weighted by atomic mass is 10.0. The zero-order valence-electron chi connectivity index (χ0n) is 11.7. The van der Waals surface area contributed by atoms with Gasteiger partial charge in [0.15, 0.2) is 0 Å². The van der Waals surface area contributed by atoms with Crippen LogP contribution in [0.1, 0.15) is 35.0 Å². The van der Waals surface area contributed by atoms with Gasteiger partial charge in [0.05, 0.1) is 24.2 Å². The molecule has 1 aliphatic heterocycles. The van der Waals surface area contributed by atoms with E-state index in [1.54, 1.807) is 12.4 Å². The predicted octanol–water partition coefficient (Wildman–Crippen LogP) is 2.35. The summed E-state index contributed by atoms with van der Waals surface area (Å²) in [5.41, 5.74) is 10.6. The molecule has 0 radical (unpaired) electrons. The SMILES string of the molecule is Cc1cnc(C(N)CCc2ccc3c(c2)CCO3)cn1. The summed E-state index contributed by atoms with van der Waals surface area (Å²) in [4.78, 5) is 8.58. The van der Waals surface area contributed by atoms with Crippen molar-refractivity contribution in [3.63, 3.8) is 0 Å². The molecule has 0 spiro atoms. The van der Waals surface area contributed by atoms with E-state index in [0.717, 1.165) is 43.0 Å². The smallest absolute Gasteiger partial charge is 0.122 e. The van der Waals surface area contributed by atoms with Gasteiger partial charge < -0.3 is 10.5 Å². The van der Waals surface area contributed by atoms with Crippen LogP contribution in [0, 0.1) is 6.92 Å². The normalized spacial score (nSPS) is 14.7. The summed E-state index contributed by atoms with van der Waals surface area (Å²) in [6.07, 6.45) is 6.37. The van der Waals surface area contributed by atoms with Gasteiger partial charge >= 0.3 is 0 Å². The van der Waals surface area contributed by atoms with Crippen LogP contribution in [0.2, 0.25) is 0 Å². The van der Waals surface area contributed by atoms with E-state index in [2.05, 4.69) is 28.2 Å². The Morgan fingerprint density at radius 2 is 2.20 bits per heavy atom. The summed E-state index contributed by atoms with van der Waals surface area (Å²) in [7, 11) is 0. The van der Waals surface area contributed by atoms with E-state index in [9.17, 15) is 0 Å². The first-order valence-corrected chi connectivity index (χ1v) is 7.01. The molecule has 0 saturated carbocycles. The number of nitrogens with two attached hydrogens (primary N) is 1. The molecule has 4 nitrogen and oxygen atoms in total. The minimum atomic E-state index is -0.0624. The van der Waals surface area contributed by atoms with Gasteiger partial charge in [-0.05, 0) is 37.0 Å². The molecule has 1 aromatic heterocycles. The number of aryl methyl sites for hydroxylation is 2. The number of benzene rings is 1. The Morgan fingerprint density at radius 1 is 1.30 bits per heavy atom. The van der Waals surface area contributed by atoms with E-state index in [1.807, 2.05) is 6.92 Å². The zero-order valence-corrected chi connectivity index (χ0v) is 11.7. The fourth-order valence-electron chi connectivity index (χ4n) is 2.46. The van der Waals surface area contributed by atoms with Crippen LogP contribution in [0.3, 0.4) is 0 Å². The van der Waals surface area contributed by atoms with Gasteiger partial charge in [0.1, 0.15) is 5.75 Å². The molecule has 0 saturated heterocycles. The zero-order chi connectivity index (χ0) is 13.9. The number of fused-ring (bicyclic) bond motifs is 1. The molecular formula is C16H19N3O. The fourth-order valence-corrected chi connectivity index (χ4v) is 2.46. The van der Waals surface area contributed by atoms with Crippen LogP contribution in [0.4, 0.5) is 0 Å². The molecule has 4 heteroatoms. The Hall–Kier alpha value is -1.94. The van der Waals surface area contributed by atoms with Crippen molar-refractivity contribution in [3.05, 3.63) is 53.1 Å². The van der Waals surface area contributed by atoms with Crippen molar-refractivity contribution in [1.82, 2.24) is 9.97 Å². The first-order chi connectivity index (χ1) is 9.72. The maximum Gasteiger partial charge on any atom is 0.122 e. The highest BCUT2D eigenvalue weighted by Gasteiger charge is 2.13. The molecule has 1 aliphatic rings. The van der Waals surface area contributed by atoms with Crippen LogP contribution in [-0.4, -0.2) is 16.6 Å². The molecule has 1 atom stereocenters. The Bertz CT molecular complexity index is 595. The van der Waals surface area contributed by atoms with Gasteiger partial charge in [-0.3, -0.25) is 9.97 Å². The quantitative estimate of drug-likeness (QED) is 0.925. The van der Waals surface area contributed by atoms with Crippen molar-refractivity contribution in [2.45, 2.75) is 32.2 Å². The van der Waals surface area contributed by atoms with Crippen LogP contribution in [0.5, 0.6) is 5.75 Å². The molecule has 104 valence electrons. The van der Waals surface area contributed by atoms with Gasteiger partial charge in [0.25, 0.3) is 0 Å². The van der Waals surface area contributed by atoms with Crippen molar-refractivity contribution in [2.75, 3.05) is 6.61 Å². The average Bonchev–Trinajstić information content (AvgIpc) is 2.93. The maximum atomic E-state index is 6.18. The van der Waals surface area contributed by atoms with Gasteiger partial charge in [-0.25, -0.2) is 0 Å². The molecule has 0 amide bonds. The molecule has 1 unspecified atom stereocenters. The topological polar surface area (TPSA) is 61.0 Å². The van der Waals surface area contributed by atoms with Crippen molar-refractivity contribution in [3.8, 4) is 5.75 Å². The highest BCUT2D eigenvalue weighted by atomic mass is 16.5. The summed E-state index contributed by atoms with van der Waals surface area (Å²) >= 11 is 0. The third-order valence-electron chi connectivity index (χ3n) is 3.68. The number of rotatable bonds is 4. The molecular weight excluding hydrogens is 250 g/mol. The van der Waals surface area contributed by atoms with Crippen molar-refractivity contribution < 1.29 is 4.74 Å². The fraction of sp³-hybridized carbons (Fsp3) is 0.375. The van der Waals surface area contributed by atoms with Crippen molar-refractivity contribution >= 4 is 0 Å². The van der Waals surface area contributed by atoms with Crippen LogP contribution in [0.15, 0.2) is 30.6 Å². The van der Waals surface area contributed by atoms with E-state index in [4.69, 9.17) is 10.5 Å². The van der Waals surface area contributed by atoms with E-state index < -0.39 is 0 Å². The second-order valence-corrected chi connectivity index (χ2v) is 5.27. The highest BCUT2D eigenvalue weighted by Crippen LogP contribution is 2.26. The first kappa shape index (κ1) is 13.1. The Balaban J connectivity index is 1.63. The van der Waals surface area contributed by atoms with E-state index in [1.165, 1.54) is 11.1 Å². The number of hydrogen-bond acceptors (Lipinski definition) is 4. The molecule has 0 aliphatic carbocycles.